The van der Waals surface area contributed by atoms with Crippen LogP contribution in [0.15, 0.2) is 47.4 Å². The van der Waals surface area contributed by atoms with Gasteiger partial charge in [-0.2, -0.15) is 0 Å². The third-order valence-electron chi connectivity index (χ3n) is 5.02. The highest BCUT2D eigenvalue weighted by Gasteiger charge is 2.31. The van der Waals surface area contributed by atoms with E-state index in [9.17, 15) is 13.2 Å². The van der Waals surface area contributed by atoms with Crippen LogP contribution in [0.25, 0.3) is 0 Å². The Balaban J connectivity index is 1.67. The van der Waals surface area contributed by atoms with Gasteiger partial charge in [0, 0.05) is 18.2 Å². The number of ether oxygens (including phenoxy) is 1. The Morgan fingerprint density at radius 2 is 1.89 bits per heavy atom. The van der Waals surface area contributed by atoms with Crippen molar-refractivity contribution < 1.29 is 17.9 Å². The molecule has 0 atom stereocenters. The summed E-state index contributed by atoms with van der Waals surface area (Å²) in [7, 11) is -2.14. The number of hydrogen-bond donors (Lipinski definition) is 1. The first-order chi connectivity index (χ1) is 13.0. The Morgan fingerprint density at radius 1 is 1.15 bits per heavy atom. The van der Waals surface area contributed by atoms with E-state index in [-0.39, 0.29) is 16.7 Å². The van der Waals surface area contributed by atoms with Gasteiger partial charge in [0.15, 0.2) is 0 Å². The lowest BCUT2D eigenvalue weighted by Gasteiger charge is -2.31. The first-order valence-corrected chi connectivity index (χ1v) is 10.5. The van der Waals surface area contributed by atoms with Gasteiger partial charge in [-0.05, 0) is 67.6 Å². The van der Waals surface area contributed by atoms with Gasteiger partial charge in [-0.1, -0.05) is 6.07 Å². The van der Waals surface area contributed by atoms with Gasteiger partial charge < -0.3 is 10.1 Å². The molecule has 0 saturated heterocycles. The first kappa shape index (κ1) is 17.9. The molecule has 0 radical (unpaired) electrons. The fourth-order valence-electron chi connectivity index (χ4n) is 3.33. The van der Waals surface area contributed by atoms with Gasteiger partial charge in [0.05, 0.1) is 17.7 Å². The smallest absolute Gasteiger partial charge is 0.264 e. The quantitative estimate of drug-likeness (QED) is 0.856. The molecule has 0 bridgehead atoms. The maximum Gasteiger partial charge on any atom is 0.264 e. The molecule has 0 spiro atoms. The van der Waals surface area contributed by atoms with Gasteiger partial charge in [-0.25, -0.2) is 8.42 Å². The molecule has 1 N–H and O–H groups in total. The predicted molar refractivity (Wildman–Crippen MR) is 104 cm³/mol. The average Bonchev–Trinajstić information content (AvgIpc) is 3.53. The molecule has 2 aliphatic rings. The lowest BCUT2D eigenvalue weighted by molar-refractivity contribution is -0.117. The lowest BCUT2D eigenvalue weighted by Crippen LogP contribution is -2.35. The second kappa shape index (κ2) is 6.88. The molecule has 2 aromatic rings. The van der Waals surface area contributed by atoms with E-state index in [0.717, 1.165) is 31.2 Å². The minimum absolute atomic E-state index is 0.00956. The number of amides is 1. The highest BCUT2D eigenvalue weighted by Crippen LogP contribution is 2.35. The first-order valence-electron chi connectivity index (χ1n) is 9.09. The number of benzene rings is 2. The van der Waals surface area contributed by atoms with Crippen LogP contribution >= 0.6 is 0 Å². The molecule has 142 valence electrons. The van der Waals surface area contributed by atoms with Crippen molar-refractivity contribution in [3.8, 4) is 5.75 Å². The third kappa shape index (κ3) is 3.51. The van der Waals surface area contributed by atoms with Crippen molar-refractivity contribution in [2.75, 3.05) is 23.3 Å². The number of nitrogens with zero attached hydrogens (tertiary/aromatic N) is 1. The maximum absolute atomic E-state index is 13.2. The summed E-state index contributed by atoms with van der Waals surface area (Å²) in [5.41, 5.74) is 2.26. The van der Waals surface area contributed by atoms with Crippen LogP contribution in [0, 0.1) is 5.92 Å². The molecule has 4 rings (SSSR count). The molecular weight excluding hydrogens is 364 g/mol. The predicted octanol–water partition coefficient (Wildman–Crippen LogP) is 3.19. The van der Waals surface area contributed by atoms with E-state index < -0.39 is 10.0 Å². The number of methoxy groups -OCH3 is 1. The van der Waals surface area contributed by atoms with Crippen LogP contribution in [0.1, 0.15) is 24.8 Å². The van der Waals surface area contributed by atoms with Gasteiger partial charge in [0.2, 0.25) is 5.91 Å². The zero-order chi connectivity index (χ0) is 19.0. The van der Waals surface area contributed by atoms with Gasteiger partial charge in [0.25, 0.3) is 10.0 Å². The molecule has 2 aromatic carbocycles. The minimum Gasteiger partial charge on any atom is -0.497 e. The van der Waals surface area contributed by atoms with Crippen molar-refractivity contribution in [2.45, 2.75) is 30.6 Å². The Morgan fingerprint density at radius 3 is 2.56 bits per heavy atom. The number of sulfonamides is 1. The zero-order valence-corrected chi connectivity index (χ0v) is 16.0. The Hall–Kier alpha value is -2.54. The summed E-state index contributed by atoms with van der Waals surface area (Å²) in [6.07, 6.45) is 3.43. The van der Waals surface area contributed by atoms with E-state index in [0.29, 0.717) is 23.7 Å². The molecule has 0 unspecified atom stereocenters. The second-order valence-corrected chi connectivity index (χ2v) is 8.83. The molecular formula is C20H22N2O4S. The van der Waals surface area contributed by atoms with Crippen molar-refractivity contribution in [1.29, 1.82) is 0 Å². The topological polar surface area (TPSA) is 75.7 Å². The van der Waals surface area contributed by atoms with Crippen LogP contribution in [0.5, 0.6) is 5.75 Å². The van der Waals surface area contributed by atoms with E-state index >= 15 is 0 Å². The molecule has 1 heterocycles. The lowest BCUT2D eigenvalue weighted by atomic mass is 10.0. The van der Waals surface area contributed by atoms with Crippen molar-refractivity contribution in [2.24, 2.45) is 5.92 Å². The molecule has 27 heavy (non-hydrogen) atoms. The van der Waals surface area contributed by atoms with Crippen LogP contribution in [-0.2, 0) is 21.2 Å². The monoisotopic (exact) mass is 386 g/mol. The average molecular weight is 386 g/mol. The Bertz CT molecular complexity index is 966. The summed E-state index contributed by atoms with van der Waals surface area (Å²) >= 11 is 0. The number of aryl methyl sites for hydroxylation is 1. The molecule has 1 fully saturated rings. The summed E-state index contributed by atoms with van der Waals surface area (Å²) in [5.74, 6) is 0.716. The summed E-state index contributed by atoms with van der Waals surface area (Å²) < 4.78 is 33.0. The van der Waals surface area contributed by atoms with Crippen LogP contribution in [-0.4, -0.2) is 28.0 Å². The van der Waals surface area contributed by atoms with Gasteiger partial charge >= 0.3 is 0 Å². The SMILES string of the molecule is COc1ccc(S(=O)(=O)N2CCCc3ccc(NC(=O)C4CC4)cc32)cc1. The summed E-state index contributed by atoms with van der Waals surface area (Å²) in [6.45, 7) is 0.418. The summed E-state index contributed by atoms with van der Waals surface area (Å²) in [6, 6.07) is 11.9. The molecule has 1 saturated carbocycles. The number of nitrogens with one attached hydrogen (secondary N) is 1. The van der Waals surface area contributed by atoms with Gasteiger partial charge in [-0.15, -0.1) is 0 Å². The van der Waals surface area contributed by atoms with Gasteiger partial charge in [-0.3, -0.25) is 9.10 Å². The van der Waals surface area contributed by atoms with Crippen LogP contribution in [0.4, 0.5) is 11.4 Å². The molecule has 7 heteroatoms. The number of rotatable bonds is 5. The van der Waals surface area contributed by atoms with Crippen LogP contribution < -0.4 is 14.4 Å². The highest BCUT2D eigenvalue weighted by atomic mass is 32.2. The van der Waals surface area contributed by atoms with E-state index in [1.54, 1.807) is 37.4 Å². The molecule has 6 nitrogen and oxygen atoms in total. The normalized spacial score (nSPS) is 16.6. The van der Waals surface area contributed by atoms with E-state index in [1.807, 2.05) is 12.1 Å². The highest BCUT2D eigenvalue weighted by molar-refractivity contribution is 7.92. The minimum atomic E-state index is -3.68. The number of hydrogen-bond acceptors (Lipinski definition) is 4. The van der Waals surface area contributed by atoms with E-state index in [4.69, 9.17) is 4.74 Å². The van der Waals surface area contributed by atoms with E-state index in [1.165, 1.54) is 4.31 Å². The number of fused-ring (bicyclic) bond motifs is 1. The number of anilines is 2. The van der Waals surface area contributed by atoms with Crippen molar-refractivity contribution in [3.63, 3.8) is 0 Å². The Labute approximate surface area is 159 Å². The number of carbonyl (C=O) groups is 1. The maximum atomic E-state index is 13.2. The largest absolute Gasteiger partial charge is 0.497 e. The molecule has 1 aliphatic carbocycles. The Kier molecular flexibility index (Phi) is 4.55. The fraction of sp³-hybridized carbons (Fsp3) is 0.350. The second-order valence-electron chi connectivity index (χ2n) is 6.96. The zero-order valence-electron chi connectivity index (χ0n) is 15.1. The van der Waals surface area contributed by atoms with Crippen LogP contribution in [0.3, 0.4) is 0 Å². The van der Waals surface area contributed by atoms with Crippen molar-refractivity contribution in [3.05, 3.63) is 48.0 Å². The summed E-state index contributed by atoms with van der Waals surface area (Å²) in [4.78, 5) is 12.3. The molecule has 1 amide bonds. The van der Waals surface area contributed by atoms with Gasteiger partial charge in [0.1, 0.15) is 5.75 Å². The van der Waals surface area contributed by atoms with E-state index in [2.05, 4.69) is 5.32 Å². The van der Waals surface area contributed by atoms with Crippen molar-refractivity contribution in [1.82, 2.24) is 0 Å². The summed E-state index contributed by atoms with van der Waals surface area (Å²) in [5, 5.41) is 2.90. The molecule has 1 aliphatic heterocycles. The molecule has 0 aromatic heterocycles. The van der Waals surface area contributed by atoms with Crippen molar-refractivity contribution >= 4 is 27.3 Å². The fourth-order valence-corrected chi connectivity index (χ4v) is 4.87. The third-order valence-corrected chi connectivity index (χ3v) is 6.85. The number of carbonyl (C=O) groups excluding carboxylic acids is 1. The standard InChI is InChI=1S/C20H22N2O4S/c1-26-17-8-10-18(11-9-17)27(24,25)22-12-2-3-14-6-7-16(13-19(14)22)21-20(23)15-4-5-15/h6-11,13,15H,2-5,12H2,1H3,(H,21,23). The van der Waals surface area contributed by atoms with Crippen LogP contribution in [0.2, 0.25) is 0 Å².